The Labute approximate surface area is 106 Å². The highest BCUT2D eigenvalue weighted by molar-refractivity contribution is 5.75. The second-order valence-electron chi connectivity index (χ2n) is 4.02. The average Bonchev–Trinajstić information content (AvgIpc) is 2.31. The number of nitrogens with one attached hydrogen (secondary N) is 1. The molecule has 0 unspecified atom stereocenters. The highest BCUT2D eigenvalue weighted by Gasteiger charge is 2.10. The van der Waals surface area contributed by atoms with Gasteiger partial charge in [-0.05, 0) is 32.0 Å². The summed E-state index contributed by atoms with van der Waals surface area (Å²) >= 11 is 0. The van der Waals surface area contributed by atoms with Gasteiger partial charge in [-0.2, -0.15) is 0 Å². The number of amides is 1. The zero-order chi connectivity index (χ0) is 13.5. The number of hydrogen-bond acceptors (Lipinski definition) is 3. The smallest absolute Gasteiger partial charge is 0.223 e. The summed E-state index contributed by atoms with van der Waals surface area (Å²) in [5.74, 6) is 0.107. The summed E-state index contributed by atoms with van der Waals surface area (Å²) in [6.07, 6.45) is 0.267. The molecule has 0 aliphatic rings. The second-order valence-corrected chi connectivity index (χ2v) is 4.02. The van der Waals surface area contributed by atoms with Crippen LogP contribution in [-0.2, 0) is 4.79 Å². The van der Waals surface area contributed by atoms with Gasteiger partial charge in [0.05, 0.1) is 13.0 Å². The van der Waals surface area contributed by atoms with Gasteiger partial charge in [-0.1, -0.05) is 0 Å². The maximum absolute atomic E-state index is 13.1. The van der Waals surface area contributed by atoms with E-state index < -0.39 is 0 Å². The third-order valence-corrected chi connectivity index (χ3v) is 2.42. The first-order valence-electron chi connectivity index (χ1n) is 5.99. The third-order valence-electron chi connectivity index (χ3n) is 2.42. The van der Waals surface area contributed by atoms with Gasteiger partial charge in [0.15, 0.2) is 0 Å². The van der Waals surface area contributed by atoms with Gasteiger partial charge in [0.1, 0.15) is 11.6 Å². The lowest BCUT2D eigenvalue weighted by Crippen LogP contribution is -2.24. The Morgan fingerprint density at radius 3 is 2.89 bits per heavy atom. The number of ether oxygens (including phenoxy) is 1. The Kier molecular flexibility index (Phi) is 5.58. The van der Waals surface area contributed by atoms with Crippen molar-refractivity contribution in [2.75, 3.05) is 13.2 Å². The largest absolute Gasteiger partial charge is 0.493 e. The van der Waals surface area contributed by atoms with Gasteiger partial charge in [0.25, 0.3) is 0 Å². The van der Waals surface area contributed by atoms with Gasteiger partial charge in [0, 0.05) is 18.2 Å². The maximum Gasteiger partial charge on any atom is 0.223 e. The number of benzene rings is 1. The van der Waals surface area contributed by atoms with Gasteiger partial charge in [-0.15, -0.1) is 0 Å². The number of nitrogens with two attached hydrogens (primary N) is 1. The Balaban J connectivity index is 2.59. The van der Waals surface area contributed by atoms with E-state index >= 15 is 0 Å². The Morgan fingerprint density at radius 1 is 1.56 bits per heavy atom. The summed E-state index contributed by atoms with van der Waals surface area (Å²) in [4.78, 5) is 11.2. The quantitative estimate of drug-likeness (QED) is 0.813. The van der Waals surface area contributed by atoms with Crippen molar-refractivity contribution in [3.8, 4) is 5.75 Å². The molecule has 1 rings (SSSR count). The number of halogens is 1. The summed E-state index contributed by atoms with van der Waals surface area (Å²) in [6.45, 7) is 4.45. The van der Waals surface area contributed by atoms with Crippen LogP contribution in [0, 0.1) is 5.82 Å². The van der Waals surface area contributed by atoms with Gasteiger partial charge >= 0.3 is 0 Å². The molecule has 18 heavy (non-hydrogen) atoms. The van der Waals surface area contributed by atoms with E-state index in [0.717, 1.165) is 0 Å². The lowest BCUT2D eigenvalue weighted by molar-refractivity contribution is -0.121. The molecule has 1 amide bonds. The van der Waals surface area contributed by atoms with Crippen LogP contribution in [-0.4, -0.2) is 19.1 Å². The van der Waals surface area contributed by atoms with E-state index in [2.05, 4.69) is 5.32 Å². The first-order valence-corrected chi connectivity index (χ1v) is 5.99. The second kappa shape index (κ2) is 6.96. The molecular weight excluding hydrogens is 235 g/mol. The van der Waals surface area contributed by atoms with Gasteiger partial charge < -0.3 is 15.8 Å². The van der Waals surface area contributed by atoms with Crippen LogP contribution in [0.4, 0.5) is 4.39 Å². The first kappa shape index (κ1) is 14.4. The fraction of sp³-hybridized carbons (Fsp3) is 0.462. The van der Waals surface area contributed by atoms with Crippen LogP contribution >= 0.6 is 0 Å². The van der Waals surface area contributed by atoms with Crippen LogP contribution in [0.15, 0.2) is 18.2 Å². The molecule has 0 saturated carbocycles. The van der Waals surface area contributed by atoms with Crippen LogP contribution in [0.2, 0.25) is 0 Å². The molecule has 5 heteroatoms. The van der Waals surface area contributed by atoms with Crippen LogP contribution in [0.25, 0.3) is 0 Å². The monoisotopic (exact) mass is 254 g/mol. The number of rotatable bonds is 6. The van der Waals surface area contributed by atoms with Crippen LogP contribution in [0.3, 0.4) is 0 Å². The lowest BCUT2D eigenvalue weighted by atomic mass is 10.1. The van der Waals surface area contributed by atoms with E-state index in [1.54, 1.807) is 6.92 Å². The molecule has 0 radical (unpaired) electrons. The molecule has 0 bridgehead atoms. The van der Waals surface area contributed by atoms with Crippen molar-refractivity contribution in [2.24, 2.45) is 5.73 Å². The predicted molar refractivity (Wildman–Crippen MR) is 67.8 cm³/mol. The summed E-state index contributed by atoms with van der Waals surface area (Å²) < 4.78 is 18.5. The van der Waals surface area contributed by atoms with Crippen molar-refractivity contribution in [1.29, 1.82) is 0 Å². The average molecular weight is 254 g/mol. The van der Waals surface area contributed by atoms with E-state index in [1.807, 2.05) is 6.92 Å². The third kappa shape index (κ3) is 4.33. The predicted octanol–water partition coefficient (Wildman–Crippen LogP) is 1.75. The fourth-order valence-corrected chi connectivity index (χ4v) is 1.55. The fourth-order valence-electron chi connectivity index (χ4n) is 1.55. The molecular formula is C13H19FN2O2. The van der Waals surface area contributed by atoms with Crippen molar-refractivity contribution in [3.63, 3.8) is 0 Å². The summed E-state index contributed by atoms with van der Waals surface area (Å²) in [5, 5.41) is 2.67. The van der Waals surface area contributed by atoms with Gasteiger partial charge in [-0.3, -0.25) is 4.79 Å². The van der Waals surface area contributed by atoms with Crippen molar-refractivity contribution in [3.05, 3.63) is 29.6 Å². The molecule has 0 aliphatic heterocycles. The van der Waals surface area contributed by atoms with Crippen molar-refractivity contribution in [1.82, 2.24) is 5.32 Å². The van der Waals surface area contributed by atoms with Crippen molar-refractivity contribution in [2.45, 2.75) is 26.3 Å². The summed E-state index contributed by atoms with van der Waals surface area (Å²) in [6, 6.07) is 3.88. The minimum atomic E-state index is -0.349. The normalized spacial score (nSPS) is 12.0. The van der Waals surface area contributed by atoms with E-state index in [0.29, 0.717) is 17.9 Å². The molecule has 0 aromatic heterocycles. The molecule has 0 spiro atoms. The molecule has 1 atom stereocenters. The molecule has 1 aromatic carbocycles. The van der Waals surface area contributed by atoms with Crippen molar-refractivity contribution < 1.29 is 13.9 Å². The highest BCUT2D eigenvalue weighted by atomic mass is 19.1. The van der Waals surface area contributed by atoms with E-state index in [-0.39, 0.29) is 30.8 Å². The molecule has 1 aromatic rings. The zero-order valence-corrected chi connectivity index (χ0v) is 10.7. The number of hydrogen-bond donors (Lipinski definition) is 2. The SMILES string of the molecule is CCNC(=O)CCOc1ccc(F)cc1[C@@H](C)N. The zero-order valence-electron chi connectivity index (χ0n) is 10.7. The van der Waals surface area contributed by atoms with Gasteiger partial charge in [-0.25, -0.2) is 4.39 Å². The number of carbonyl (C=O) groups is 1. The van der Waals surface area contributed by atoms with Crippen LogP contribution in [0.5, 0.6) is 5.75 Å². The minimum absolute atomic E-state index is 0.0676. The highest BCUT2D eigenvalue weighted by Crippen LogP contribution is 2.24. The Bertz CT molecular complexity index is 408. The Morgan fingerprint density at radius 2 is 2.28 bits per heavy atom. The molecule has 100 valence electrons. The van der Waals surface area contributed by atoms with Gasteiger partial charge in [0.2, 0.25) is 5.91 Å². The van der Waals surface area contributed by atoms with E-state index in [9.17, 15) is 9.18 Å². The molecule has 0 heterocycles. The minimum Gasteiger partial charge on any atom is -0.493 e. The van der Waals surface area contributed by atoms with E-state index in [4.69, 9.17) is 10.5 Å². The standard InChI is InChI=1S/C13H19FN2O2/c1-3-16-13(17)6-7-18-12-5-4-10(14)8-11(12)9(2)15/h4-5,8-9H,3,6-7,15H2,1-2H3,(H,16,17)/t9-/m1/s1. The molecule has 3 N–H and O–H groups in total. The molecule has 0 fully saturated rings. The molecule has 4 nitrogen and oxygen atoms in total. The topological polar surface area (TPSA) is 64.3 Å². The summed E-state index contributed by atoms with van der Waals surface area (Å²) in [7, 11) is 0. The summed E-state index contributed by atoms with van der Waals surface area (Å²) in [5.41, 5.74) is 6.34. The Hall–Kier alpha value is -1.62. The van der Waals surface area contributed by atoms with E-state index in [1.165, 1.54) is 18.2 Å². The maximum atomic E-state index is 13.1. The van der Waals surface area contributed by atoms with Crippen LogP contribution in [0.1, 0.15) is 31.9 Å². The molecule has 0 saturated heterocycles. The van der Waals surface area contributed by atoms with Crippen molar-refractivity contribution >= 4 is 5.91 Å². The van der Waals surface area contributed by atoms with Crippen LogP contribution < -0.4 is 15.8 Å². The molecule has 0 aliphatic carbocycles. The lowest BCUT2D eigenvalue weighted by Gasteiger charge is -2.14. The number of carbonyl (C=O) groups excluding carboxylic acids is 1. The first-order chi connectivity index (χ1) is 8.54.